The molecule has 0 saturated carbocycles. The molecule has 1 aliphatic rings. The summed E-state index contributed by atoms with van der Waals surface area (Å²) in [6.45, 7) is 0.239. The molecule has 2 heterocycles. The van der Waals surface area contributed by atoms with Crippen molar-refractivity contribution in [3.05, 3.63) is 36.2 Å². The Kier molecular flexibility index (Phi) is 2.17. The number of H-pyrrole nitrogens is 1. The Bertz CT molecular complexity index is 649. The Morgan fingerprint density at radius 1 is 1.35 bits per heavy atom. The minimum Gasteiger partial charge on any atom is -0.370 e. The van der Waals surface area contributed by atoms with Crippen LogP contribution in [0.4, 0.5) is 0 Å². The fourth-order valence-electron chi connectivity index (χ4n) is 1.75. The van der Waals surface area contributed by atoms with Crippen molar-refractivity contribution < 1.29 is 12.6 Å². The smallest absolute Gasteiger partial charge is 0.370 e. The Balaban J connectivity index is 2.19. The van der Waals surface area contributed by atoms with Crippen molar-refractivity contribution in [3.63, 3.8) is 0 Å². The van der Waals surface area contributed by atoms with E-state index < -0.39 is 10.3 Å². The SMILES string of the molecule is O=S1(=O)NCc2cccc(-c3cn[nH]c3)c2O1. The average molecular weight is 251 g/mol. The standard InChI is InChI=1S/C10H9N3O3S/c14-17(15)13-6-7-2-1-3-9(10(7)16-17)8-4-11-12-5-8/h1-5,13H,6H2,(H,11,12). The first-order chi connectivity index (χ1) is 8.16. The van der Waals surface area contributed by atoms with Gasteiger partial charge in [0.05, 0.1) is 6.20 Å². The van der Waals surface area contributed by atoms with Gasteiger partial charge in [0, 0.05) is 29.4 Å². The van der Waals surface area contributed by atoms with Crippen molar-refractivity contribution in [2.75, 3.05) is 0 Å². The van der Waals surface area contributed by atoms with Gasteiger partial charge < -0.3 is 4.18 Å². The molecule has 0 atom stereocenters. The number of nitrogens with one attached hydrogen (secondary N) is 2. The third-order valence-electron chi connectivity index (χ3n) is 2.54. The van der Waals surface area contributed by atoms with E-state index in [1.807, 2.05) is 12.1 Å². The van der Waals surface area contributed by atoms with Crippen LogP contribution in [-0.4, -0.2) is 18.6 Å². The number of para-hydroxylation sites is 1. The van der Waals surface area contributed by atoms with Gasteiger partial charge in [-0.25, -0.2) is 0 Å². The minimum atomic E-state index is -3.69. The van der Waals surface area contributed by atoms with E-state index in [1.54, 1.807) is 18.5 Å². The van der Waals surface area contributed by atoms with Crippen LogP contribution >= 0.6 is 0 Å². The summed E-state index contributed by atoms with van der Waals surface area (Å²) in [5.41, 5.74) is 2.30. The van der Waals surface area contributed by atoms with E-state index >= 15 is 0 Å². The van der Waals surface area contributed by atoms with Crippen molar-refractivity contribution in [2.45, 2.75) is 6.54 Å². The molecule has 0 spiro atoms. The highest BCUT2D eigenvalue weighted by molar-refractivity contribution is 7.85. The summed E-state index contributed by atoms with van der Waals surface area (Å²) < 4.78 is 30.1. The van der Waals surface area contributed by atoms with Crippen LogP contribution < -0.4 is 8.91 Å². The number of aromatic nitrogens is 2. The van der Waals surface area contributed by atoms with Crippen LogP contribution in [-0.2, 0) is 16.8 Å². The molecule has 0 saturated heterocycles. The molecule has 1 aliphatic heterocycles. The number of rotatable bonds is 1. The topological polar surface area (TPSA) is 84.1 Å². The second-order valence-corrected chi connectivity index (χ2v) is 5.00. The number of hydrogen-bond donors (Lipinski definition) is 2. The van der Waals surface area contributed by atoms with Crippen LogP contribution in [0, 0.1) is 0 Å². The van der Waals surface area contributed by atoms with Gasteiger partial charge in [0.2, 0.25) is 0 Å². The summed E-state index contributed by atoms with van der Waals surface area (Å²) >= 11 is 0. The van der Waals surface area contributed by atoms with E-state index in [1.165, 1.54) is 0 Å². The van der Waals surface area contributed by atoms with Crippen LogP contribution in [0.2, 0.25) is 0 Å². The van der Waals surface area contributed by atoms with E-state index in [0.29, 0.717) is 11.3 Å². The minimum absolute atomic E-state index is 0.239. The molecule has 2 aromatic rings. The van der Waals surface area contributed by atoms with Crippen molar-refractivity contribution in [1.29, 1.82) is 0 Å². The third kappa shape index (κ3) is 1.79. The molecule has 0 bridgehead atoms. The first-order valence-electron chi connectivity index (χ1n) is 4.96. The number of nitrogens with zero attached hydrogens (tertiary/aromatic N) is 1. The molecular weight excluding hydrogens is 242 g/mol. The monoisotopic (exact) mass is 251 g/mol. The summed E-state index contributed by atoms with van der Waals surface area (Å²) in [7, 11) is -3.69. The highest BCUT2D eigenvalue weighted by Gasteiger charge is 2.24. The summed E-state index contributed by atoms with van der Waals surface area (Å²) in [6.07, 6.45) is 3.31. The molecule has 0 aliphatic carbocycles. The lowest BCUT2D eigenvalue weighted by Crippen LogP contribution is -2.32. The fraction of sp³-hybridized carbons (Fsp3) is 0.100. The quantitative estimate of drug-likeness (QED) is 0.785. The van der Waals surface area contributed by atoms with Crippen molar-refractivity contribution >= 4 is 10.3 Å². The molecule has 0 fully saturated rings. The highest BCUT2D eigenvalue weighted by atomic mass is 32.2. The van der Waals surface area contributed by atoms with Gasteiger partial charge in [-0.05, 0) is 0 Å². The predicted octanol–water partition coefficient (Wildman–Crippen LogP) is 0.803. The molecule has 1 aromatic carbocycles. The third-order valence-corrected chi connectivity index (χ3v) is 3.42. The lowest BCUT2D eigenvalue weighted by Gasteiger charge is -2.19. The number of aromatic amines is 1. The van der Waals surface area contributed by atoms with E-state index in [0.717, 1.165) is 11.1 Å². The molecule has 7 heteroatoms. The van der Waals surface area contributed by atoms with E-state index in [2.05, 4.69) is 14.9 Å². The maximum absolute atomic E-state index is 11.4. The maximum Gasteiger partial charge on any atom is 0.382 e. The molecule has 0 unspecified atom stereocenters. The largest absolute Gasteiger partial charge is 0.382 e. The fourth-order valence-corrected chi connectivity index (χ4v) is 2.56. The van der Waals surface area contributed by atoms with E-state index in [4.69, 9.17) is 4.18 Å². The van der Waals surface area contributed by atoms with Gasteiger partial charge in [0.15, 0.2) is 5.75 Å². The molecule has 3 rings (SSSR count). The van der Waals surface area contributed by atoms with Crippen LogP contribution in [0.15, 0.2) is 30.6 Å². The van der Waals surface area contributed by atoms with Crippen LogP contribution in [0.5, 0.6) is 5.75 Å². The summed E-state index contributed by atoms with van der Waals surface area (Å²) in [4.78, 5) is 0. The van der Waals surface area contributed by atoms with E-state index in [9.17, 15) is 8.42 Å². The Morgan fingerprint density at radius 2 is 2.24 bits per heavy atom. The second kappa shape index (κ2) is 3.57. The molecule has 6 nitrogen and oxygen atoms in total. The van der Waals surface area contributed by atoms with Gasteiger partial charge in [0.25, 0.3) is 0 Å². The van der Waals surface area contributed by atoms with Crippen LogP contribution in [0.1, 0.15) is 5.56 Å². The van der Waals surface area contributed by atoms with Gasteiger partial charge in [-0.15, -0.1) is 0 Å². The molecule has 0 radical (unpaired) electrons. The number of benzene rings is 1. The summed E-state index contributed by atoms with van der Waals surface area (Å²) in [6, 6.07) is 5.47. The zero-order chi connectivity index (χ0) is 11.9. The maximum atomic E-state index is 11.4. The van der Waals surface area contributed by atoms with Gasteiger partial charge in [-0.3, -0.25) is 5.10 Å². The highest BCUT2D eigenvalue weighted by Crippen LogP contribution is 2.35. The van der Waals surface area contributed by atoms with Crippen LogP contribution in [0.25, 0.3) is 11.1 Å². The molecule has 2 N–H and O–H groups in total. The second-order valence-electron chi connectivity index (χ2n) is 3.64. The lowest BCUT2D eigenvalue weighted by molar-refractivity contribution is 0.454. The molecule has 88 valence electrons. The van der Waals surface area contributed by atoms with Gasteiger partial charge in [0.1, 0.15) is 0 Å². The molecular formula is C10H9N3O3S. The van der Waals surface area contributed by atoms with Crippen molar-refractivity contribution in [2.24, 2.45) is 0 Å². The van der Waals surface area contributed by atoms with E-state index in [-0.39, 0.29) is 6.54 Å². The molecule has 17 heavy (non-hydrogen) atoms. The summed E-state index contributed by atoms with van der Waals surface area (Å²) in [5.74, 6) is 0.368. The zero-order valence-corrected chi connectivity index (χ0v) is 9.49. The number of fused-ring (bicyclic) bond motifs is 1. The average Bonchev–Trinajstić information content (AvgIpc) is 2.80. The number of hydrogen-bond acceptors (Lipinski definition) is 4. The normalized spacial score (nSPS) is 17.2. The predicted molar refractivity (Wildman–Crippen MR) is 60.4 cm³/mol. The lowest BCUT2D eigenvalue weighted by atomic mass is 10.0. The van der Waals surface area contributed by atoms with Gasteiger partial charge in [-0.1, -0.05) is 18.2 Å². The van der Waals surface area contributed by atoms with Gasteiger partial charge in [-0.2, -0.15) is 18.2 Å². The Hall–Kier alpha value is -1.86. The molecule has 0 amide bonds. The Labute approximate surface area is 97.9 Å². The van der Waals surface area contributed by atoms with Gasteiger partial charge >= 0.3 is 10.3 Å². The van der Waals surface area contributed by atoms with Crippen molar-refractivity contribution in [1.82, 2.24) is 14.9 Å². The molecule has 1 aromatic heterocycles. The first kappa shape index (κ1) is 10.3. The first-order valence-corrected chi connectivity index (χ1v) is 6.37. The van der Waals surface area contributed by atoms with Crippen LogP contribution in [0.3, 0.4) is 0 Å². The Morgan fingerprint density at radius 3 is 3.00 bits per heavy atom. The van der Waals surface area contributed by atoms with Crippen molar-refractivity contribution in [3.8, 4) is 16.9 Å². The zero-order valence-electron chi connectivity index (χ0n) is 8.67. The summed E-state index contributed by atoms with van der Waals surface area (Å²) in [5, 5.41) is 6.52.